The first-order chi connectivity index (χ1) is 15.6. The fourth-order valence-electron chi connectivity index (χ4n) is 4.04. The van der Waals surface area contributed by atoms with Gasteiger partial charge in [-0.25, -0.2) is 9.97 Å². The van der Waals surface area contributed by atoms with Crippen LogP contribution in [0.2, 0.25) is 0 Å². The maximum atomic E-state index is 14.1. The van der Waals surface area contributed by atoms with E-state index in [0.29, 0.717) is 12.1 Å². The fourth-order valence-corrected chi connectivity index (χ4v) is 4.04. The molecule has 33 heavy (non-hydrogen) atoms. The van der Waals surface area contributed by atoms with E-state index < -0.39 is 47.1 Å². The van der Waals surface area contributed by atoms with Gasteiger partial charge in [0.05, 0.1) is 12.0 Å². The minimum absolute atomic E-state index is 0.0345. The van der Waals surface area contributed by atoms with Crippen LogP contribution in [-0.4, -0.2) is 32.3 Å². The van der Waals surface area contributed by atoms with Gasteiger partial charge >= 0.3 is 12.4 Å². The van der Waals surface area contributed by atoms with Gasteiger partial charge in [-0.05, 0) is 6.07 Å². The first kappa shape index (κ1) is 21.1. The van der Waals surface area contributed by atoms with Crippen LogP contribution in [0.5, 0.6) is 0 Å². The van der Waals surface area contributed by atoms with Crippen molar-refractivity contribution in [3.05, 3.63) is 71.2 Å². The van der Waals surface area contributed by atoms with Crippen molar-refractivity contribution >= 4 is 16.9 Å². The number of aromatic amines is 1. The average molecular weight is 470 g/mol. The molecule has 7 nitrogen and oxygen atoms in total. The molecule has 3 aromatic heterocycles. The number of aromatic nitrogens is 3. The van der Waals surface area contributed by atoms with Crippen molar-refractivity contribution < 1.29 is 40.0 Å². The van der Waals surface area contributed by atoms with Crippen LogP contribution in [0.1, 0.15) is 45.0 Å². The number of hydrogen-bond donors (Lipinski definition) is 1. The molecule has 1 N–H and O–H groups in total. The first-order valence-corrected chi connectivity index (χ1v) is 9.49. The molecule has 1 aliphatic heterocycles. The van der Waals surface area contributed by atoms with Gasteiger partial charge < -0.3 is 18.7 Å². The molecular formula is C20H12F6N4O3. The molecule has 1 amide bonds. The van der Waals surface area contributed by atoms with E-state index in [1.807, 2.05) is 0 Å². The van der Waals surface area contributed by atoms with Crippen LogP contribution in [0.25, 0.3) is 11.0 Å². The van der Waals surface area contributed by atoms with Crippen LogP contribution in [0.4, 0.5) is 26.3 Å². The molecule has 172 valence electrons. The molecule has 13 heteroatoms. The Kier molecular flexibility index (Phi) is 4.55. The monoisotopic (exact) mass is 470 g/mol. The summed E-state index contributed by atoms with van der Waals surface area (Å²) in [6, 6.07) is 3.85. The molecule has 4 aromatic rings. The topological polar surface area (TPSA) is 88.2 Å². The molecule has 0 radical (unpaired) electrons. The number of oxazole rings is 1. The molecular weight excluding hydrogens is 458 g/mol. The molecule has 0 aliphatic carbocycles. The minimum Gasteiger partial charge on any atom is -0.458 e. The zero-order chi connectivity index (χ0) is 23.5. The number of carbonyl (C=O) groups is 1. The number of alkyl halides is 6. The molecule has 1 atom stereocenters. The van der Waals surface area contributed by atoms with Crippen LogP contribution < -0.4 is 0 Å². The predicted molar refractivity (Wildman–Crippen MR) is 97.9 cm³/mol. The summed E-state index contributed by atoms with van der Waals surface area (Å²) in [7, 11) is 0. The molecule has 0 fully saturated rings. The quantitative estimate of drug-likeness (QED) is 0.418. The van der Waals surface area contributed by atoms with E-state index >= 15 is 0 Å². The zero-order valence-electron chi connectivity index (χ0n) is 16.3. The first-order valence-electron chi connectivity index (χ1n) is 9.49. The van der Waals surface area contributed by atoms with Gasteiger partial charge in [-0.15, -0.1) is 0 Å². The molecule has 1 aromatic carbocycles. The number of H-pyrrole nitrogens is 1. The van der Waals surface area contributed by atoms with E-state index in [-0.39, 0.29) is 29.6 Å². The normalized spacial score (nSPS) is 16.9. The van der Waals surface area contributed by atoms with Gasteiger partial charge in [0.2, 0.25) is 5.76 Å². The third-order valence-corrected chi connectivity index (χ3v) is 5.37. The van der Waals surface area contributed by atoms with E-state index in [4.69, 9.17) is 8.83 Å². The molecule has 4 heterocycles. The van der Waals surface area contributed by atoms with Gasteiger partial charge in [0.15, 0.2) is 12.1 Å². The van der Waals surface area contributed by atoms with E-state index in [1.165, 1.54) is 30.6 Å². The lowest BCUT2D eigenvalue weighted by molar-refractivity contribution is -0.141. The summed E-state index contributed by atoms with van der Waals surface area (Å²) in [5, 5.41) is -0.245. The minimum atomic E-state index is -5.00. The van der Waals surface area contributed by atoms with Crippen molar-refractivity contribution in [2.75, 3.05) is 6.54 Å². The van der Waals surface area contributed by atoms with Crippen LogP contribution in [0.3, 0.4) is 0 Å². The number of para-hydroxylation sites is 1. The molecule has 5 rings (SSSR count). The second-order valence-corrected chi connectivity index (χ2v) is 7.28. The van der Waals surface area contributed by atoms with Gasteiger partial charge in [0.1, 0.15) is 22.9 Å². The number of nitrogens with zero attached hydrogens (tertiary/aromatic N) is 3. The highest BCUT2D eigenvalue weighted by atomic mass is 19.4. The third kappa shape index (κ3) is 3.34. The lowest BCUT2D eigenvalue weighted by Gasteiger charge is -2.34. The highest BCUT2D eigenvalue weighted by molar-refractivity contribution is 5.93. The highest BCUT2D eigenvalue weighted by Gasteiger charge is 2.48. The summed E-state index contributed by atoms with van der Waals surface area (Å²) in [6.45, 7) is -0.217. The maximum absolute atomic E-state index is 14.1. The van der Waals surface area contributed by atoms with Gasteiger partial charge in [0, 0.05) is 24.0 Å². The fraction of sp³-hybridized carbons (Fsp3) is 0.250. The second kappa shape index (κ2) is 7.12. The summed E-state index contributed by atoms with van der Waals surface area (Å²) < 4.78 is 92.5. The summed E-state index contributed by atoms with van der Waals surface area (Å²) in [4.78, 5) is 23.9. The molecule has 0 saturated heterocycles. The number of hydrogen-bond acceptors (Lipinski definition) is 5. The van der Waals surface area contributed by atoms with Crippen molar-refractivity contribution in [1.82, 2.24) is 19.9 Å². The average Bonchev–Trinajstić information content (AvgIpc) is 3.48. The van der Waals surface area contributed by atoms with Crippen molar-refractivity contribution in [3.63, 3.8) is 0 Å². The molecule has 1 aliphatic rings. The van der Waals surface area contributed by atoms with Gasteiger partial charge in [-0.2, -0.15) is 26.3 Å². The SMILES string of the molecule is O=C(c1ocnc1C(F)(F)F)N1CCc2[nH]cnc2[C@H]1c1oc2ccccc2c1C(F)(F)F. The summed E-state index contributed by atoms with van der Waals surface area (Å²) in [5.74, 6) is -3.07. The molecule has 0 bridgehead atoms. The third-order valence-electron chi connectivity index (χ3n) is 5.37. The highest BCUT2D eigenvalue weighted by Crippen LogP contribution is 2.46. The van der Waals surface area contributed by atoms with Crippen LogP contribution >= 0.6 is 0 Å². The largest absolute Gasteiger partial charge is 0.458 e. The Morgan fingerprint density at radius 1 is 1.09 bits per heavy atom. The smallest absolute Gasteiger partial charge is 0.437 e. The summed E-state index contributed by atoms with van der Waals surface area (Å²) in [6.07, 6.45) is -8.08. The molecule has 0 saturated carbocycles. The number of furan rings is 1. The summed E-state index contributed by atoms with van der Waals surface area (Å²) in [5.41, 5.74) is -2.32. The number of benzene rings is 1. The number of carbonyl (C=O) groups excluding carboxylic acids is 1. The maximum Gasteiger partial charge on any atom is 0.437 e. The Morgan fingerprint density at radius 3 is 2.58 bits per heavy atom. The zero-order valence-corrected chi connectivity index (χ0v) is 16.3. The van der Waals surface area contributed by atoms with Crippen molar-refractivity contribution in [2.45, 2.75) is 24.8 Å². The Morgan fingerprint density at radius 2 is 1.85 bits per heavy atom. The van der Waals surface area contributed by atoms with E-state index in [0.717, 1.165) is 4.90 Å². The van der Waals surface area contributed by atoms with E-state index in [9.17, 15) is 31.1 Å². The Balaban J connectivity index is 1.72. The van der Waals surface area contributed by atoms with Gasteiger partial charge in [-0.3, -0.25) is 4.79 Å². The number of nitrogens with one attached hydrogen (secondary N) is 1. The Labute approximate surface area is 180 Å². The predicted octanol–water partition coefficient (Wildman–Crippen LogP) is 4.97. The molecule has 0 unspecified atom stereocenters. The number of fused-ring (bicyclic) bond motifs is 2. The number of halogens is 6. The van der Waals surface area contributed by atoms with Gasteiger partial charge in [-0.1, -0.05) is 18.2 Å². The van der Waals surface area contributed by atoms with Crippen molar-refractivity contribution in [1.29, 1.82) is 0 Å². The van der Waals surface area contributed by atoms with E-state index in [2.05, 4.69) is 15.0 Å². The van der Waals surface area contributed by atoms with Gasteiger partial charge in [0.25, 0.3) is 5.91 Å². The number of amides is 1. The van der Waals surface area contributed by atoms with Crippen molar-refractivity contribution in [3.8, 4) is 0 Å². The Bertz CT molecular complexity index is 1350. The van der Waals surface area contributed by atoms with Crippen LogP contribution in [-0.2, 0) is 18.8 Å². The number of rotatable bonds is 2. The van der Waals surface area contributed by atoms with E-state index in [1.54, 1.807) is 0 Å². The lowest BCUT2D eigenvalue weighted by atomic mass is 9.96. The lowest BCUT2D eigenvalue weighted by Crippen LogP contribution is -2.41. The van der Waals surface area contributed by atoms with Crippen molar-refractivity contribution in [2.24, 2.45) is 0 Å². The second-order valence-electron chi connectivity index (χ2n) is 7.28. The molecule has 0 spiro atoms. The van der Waals surface area contributed by atoms with Crippen LogP contribution in [0, 0.1) is 0 Å². The van der Waals surface area contributed by atoms with Crippen LogP contribution in [0.15, 0.2) is 45.8 Å². The standard InChI is InChI=1S/C20H12F6N4O3/c21-19(22,23)12-9-3-1-2-4-11(9)33-15(12)14-13-10(27-7-28-13)5-6-30(14)18(31)16-17(20(24,25)26)29-8-32-16/h1-4,7-8,14H,5-6H2,(H,27,28)/t14-/m0/s1. The number of imidazole rings is 1. The Hall–Kier alpha value is -3.77. The summed E-state index contributed by atoms with van der Waals surface area (Å²) >= 11 is 0.